The summed E-state index contributed by atoms with van der Waals surface area (Å²) in [4.78, 5) is 9.23. The molecular formula is C15H29BrO2. The van der Waals surface area contributed by atoms with Gasteiger partial charge in [-0.15, -0.1) is 0 Å². The first-order chi connectivity index (χ1) is 8.56. The van der Waals surface area contributed by atoms with E-state index >= 15 is 0 Å². The Bertz CT molecular complexity index is 201. The predicted molar refractivity (Wildman–Crippen MR) is 83.4 cm³/mol. The molecule has 0 radical (unpaired) electrons. The summed E-state index contributed by atoms with van der Waals surface area (Å²) in [6.45, 7) is 6.06. The number of alkyl halides is 1. The maximum Gasteiger partial charge on any atom is 0.316 e. The average Bonchev–Trinajstić information content (AvgIpc) is 2.33. The number of aliphatic carboxylic acids is 1. The molecular weight excluding hydrogens is 292 g/mol. The Morgan fingerprint density at radius 3 is 1.89 bits per heavy atom. The number of carboxylic acids is 1. The first-order valence-electron chi connectivity index (χ1n) is 7.08. The molecule has 0 heterocycles. The van der Waals surface area contributed by atoms with Crippen molar-refractivity contribution in [1.29, 1.82) is 0 Å². The molecule has 0 rings (SSSR count). The smallest absolute Gasteiger partial charge is 0.316 e. The van der Waals surface area contributed by atoms with Crippen LogP contribution in [0.15, 0.2) is 12.2 Å². The molecule has 1 atom stereocenters. The maximum atomic E-state index is 9.65. The summed E-state index contributed by atoms with van der Waals surface area (Å²) in [5.74, 6) is -0.824. The minimum Gasteiger partial charge on any atom is -0.480 e. The normalized spacial score (nSPS) is 12.0. The highest BCUT2D eigenvalue weighted by molar-refractivity contribution is 9.10. The molecule has 0 saturated heterocycles. The van der Waals surface area contributed by atoms with Gasteiger partial charge in [0.05, 0.1) is 0 Å². The Kier molecular flexibility index (Phi) is 18.6. The van der Waals surface area contributed by atoms with Crippen LogP contribution in [0.1, 0.15) is 72.1 Å². The fraction of sp³-hybridized carbons (Fsp3) is 0.800. The van der Waals surface area contributed by atoms with E-state index in [1.807, 2.05) is 0 Å². The summed E-state index contributed by atoms with van der Waals surface area (Å²) >= 11 is 2.84. The zero-order chi connectivity index (χ0) is 14.2. The molecule has 0 aliphatic carbocycles. The van der Waals surface area contributed by atoms with E-state index in [0.717, 1.165) is 0 Å². The Hall–Kier alpha value is -0.310. The molecule has 0 spiro atoms. The summed E-state index contributed by atoms with van der Waals surface area (Å²) in [7, 11) is 0. The van der Waals surface area contributed by atoms with Crippen LogP contribution in [0.2, 0.25) is 0 Å². The minimum absolute atomic E-state index is 0.419. The number of carbonyl (C=O) groups is 1. The zero-order valence-electron chi connectivity index (χ0n) is 12.1. The van der Waals surface area contributed by atoms with Crippen LogP contribution in [0, 0.1) is 0 Å². The van der Waals surface area contributed by atoms with Gasteiger partial charge in [0.25, 0.3) is 0 Å². The van der Waals surface area contributed by atoms with Crippen LogP contribution >= 0.6 is 15.9 Å². The highest BCUT2D eigenvalue weighted by Gasteiger charge is 2.01. The van der Waals surface area contributed by atoms with Crippen molar-refractivity contribution in [3.8, 4) is 0 Å². The average molecular weight is 321 g/mol. The summed E-state index contributed by atoms with van der Waals surface area (Å²) in [5.41, 5.74) is 0. The number of halogens is 1. The molecule has 3 heteroatoms. The van der Waals surface area contributed by atoms with Crippen molar-refractivity contribution in [2.24, 2.45) is 0 Å². The molecule has 0 aromatic carbocycles. The van der Waals surface area contributed by atoms with Crippen molar-refractivity contribution in [2.45, 2.75) is 77.0 Å². The molecule has 1 unspecified atom stereocenters. The van der Waals surface area contributed by atoms with E-state index in [2.05, 4.69) is 41.9 Å². The summed E-state index contributed by atoms with van der Waals surface area (Å²) in [6, 6.07) is 0. The highest BCUT2D eigenvalue weighted by Crippen LogP contribution is 2.04. The van der Waals surface area contributed by atoms with E-state index in [1.54, 1.807) is 6.92 Å². The van der Waals surface area contributed by atoms with Gasteiger partial charge in [0.15, 0.2) is 0 Å². The number of unbranched alkanes of at least 4 members (excludes halogenated alkanes) is 6. The van der Waals surface area contributed by atoms with Gasteiger partial charge in [-0.1, -0.05) is 74.0 Å². The second-order valence-corrected chi connectivity index (χ2v) is 5.79. The molecule has 108 valence electrons. The van der Waals surface area contributed by atoms with E-state index in [1.165, 1.54) is 51.4 Å². The fourth-order valence-corrected chi connectivity index (χ4v) is 1.25. The lowest BCUT2D eigenvalue weighted by molar-refractivity contribution is -0.135. The van der Waals surface area contributed by atoms with Crippen LogP contribution < -0.4 is 0 Å². The summed E-state index contributed by atoms with van der Waals surface area (Å²) in [6.07, 6.45) is 15.5. The van der Waals surface area contributed by atoms with Crippen LogP contribution in [0.3, 0.4) is 0 Å². The molecule has 0 fully saturated rings. The van der Waals surface area contributed by atoms with E-state index in [4.69, 9.17) is 5.11 Å². The molecule has 0 aliphatic rings. The maximum absolute atomic E-state index is 9.65. The van der Waals surface area contributed by atoms with Gasteiger partial charge in [-0.25, -0.2) is 0 Å². The van der Waals surface area contributed by atoms with Gasteiger partial charge in [0.1, 0.15) is 4.83 Å². The third-order valence-corrected chi connectivity index (χ3v) is 2.85. The van der Waals surface area contributed by atoms with E-state index in [9.17, 15) is 4.79 Å². The topological polar surface area (TPSA) is 37.3 Å². The van der Waals surface area contributed by atoms with Crippen molar-refractivity contribution >= 4 is 21.9 Å². The number of carboxylic acid groups (broad SMARTS) is 1. The fourth-order valence-electron chi connectivity index (χ4n) is 1.25. The van der Waals surface area contributed by atoms with Gasteiger partial charge in [-0.05, 0) is 26.2 Å². The van der Waals surface area contributed by atoms with Gasteiger partial charge in [0, 0.05) is 0 Å². The zero-order valence-corrected chi connectivity index (χ0v) is 13.7. The summed E-state index contributed by atoms with van der Waals surface area (Å²) < 4.78 is 0. The molecule has 0 bridgehead atoms. The van der Waals surface area contributed by atoms with Crippen LogP contribution in [0.4, 0.5) is 0 Å². The van der Waals surface area contributed by atoms with Gasteiger partial charge in [-0.3, -0.25) is 4.79 Å². The Balaban J connectivity index is 0. The lowest BCUT2D eigenvalue weighted by atomic mass is 10.1. The molecule has 0 saturated carbocycles. The van der Waals surface area contributed by atoms with Crippen molar-refractivity contribution in [3.63, 3.8) is 0 Å². The van der Waals surface area contributed by atoms with Crippen LogP contribution in [-0.4, -0.2) is 15.9 Å². The van der Waals surface area contributed by atoms with Crippen LogP contribution in [0.5, 0.6) is 0 Å². The highest BCUT2D eigenvalue weighted by atomic mass is 79.9. The Morgan fingerprint density at radius 2 is 1.50 bits per heavy atom. The predicted octanol–water partition coefficient (Wildman–Crippen LogP) is 5.56. The van der Waals surface area contributed by atoms with E-state index < -0.39 is 10.8 Å². The number of allylic oxidation sites excluding steroid dienone is 2. The minimum atomic E-state index is -0.824. The van der Waals surface area contributed by atoms with E-state index in [-0.39, 0.29) is 0 Å². The number of rotatable bonds is 9. The quantitative estimate of drug-likeness (QED) is 0.343. The standard InChI is InChI=1S/C12H24.C3H5BrO2/c1-3-5-7-9-11-12-10-8-6-4-2;1-2(4)3(5)6/h9,11H,3-8,10,12H2,1-2H3;2H,1H3,(H,5,6)/b11-9-;. The molecule has 0 aromatic rings. The number of hydrogen-bond donors (Lipinski definition) is 1. The lowest BCUT2D eigenvalue weighted by Gasteiger charge is -1.94. The van der Waals surface area contributed by atoms with Gasteiger partial charge >= 0.3 is 5.97 Å². The molecule has 0 amide bonds. The summed E-state index contributed by atoms with van der Waals surface area (Å²) in [5, 5.41) is 7.94. The number of hydrogen-bond acceptors (Lipinski definition) is 1. The third kappa shape index (κ3) is 21.0. The van der Waals surface area contributed by atoms with E-state index in [0.29, 0.717) is 0 Å². The van der Waals surface area contributed by atoms with Crippen LogP contribution in [0.25, 0.3) is 0 Å². The molecule has 0 aromatic heterocycles. The Labute approximate surface area is 121 Å². The monoisotopic (exact) mass is 320 g/mol. The lowest BCUT2D eigenvalue weighted by Crippen LogP contribution is -2.06. The van der Waals surface area contributed by atoms with Gasteiger partial charge in [0.2, 0.25) is 0 Å². The second-order valence-electron chi connectivity index (χ2n) is 4.42. The van der Waals surface area contributed by atoms with Crippen LogP contribution in [-0.2, 0) is 4.79 Å². The molecule has 0 aliphatic heterocycles. The van der Waals surface area contributed by atoms with Gasteiger partial charge < -0.3 is 5.11 Å². The molecule has 1 N–H and O–H groups in total. The first-order valence-corrected chi connectivity index (χ1v) is 7.99. The van der Waals surface area contributed by atoms with Gasteiger partial charge in [-0.2, -0.15) is 0 Å². The Morgan fingerprint density at radius 1 is 1.06 bits per heavy atom. The van der Waals surface area contributed by atoms with Crippen molar-refractivity contribution in [2.75, 3.05) is 0 Å². The largest absolute Gasteiger partial charge is 0.480 e. The third-order valence-electron chi connectivity index (χ3n) is 2.46. The second kappa shape index (κ2) is 16.7. The first kappa shape index (κ1) is 20.0. The molecule has 2 nitrogen and oxygen atoms in total. The van der Waals surface area contributed by atoms with Crippen molar-refractivity contribution in [1.82, 2.24) is 0 Å². The molecule has 18 heavy (non-hydrogen) atoms. The SMILES string of the molecule is CC(Br)C(=O)O.CCCC/C=C\CCCCCC. The van der Waals surface area contributed by atoms with Crippen molar-refractivity contribution < 1.29 is 9.90 Å². The van der Waals surface area contributed by atoms with Crippen molar-refractivity contribution in [3.05, 3.63) is 12.2 Å².